The highest BCUT2D eigenvalue weighted by Crippen LogP contribution is 2.22. The standard InChI is InChI=1S/C13H11N3/c14-13-7-3-6-11(16-13)12-8-9-4-1-2-5-10(9)15-12/h1-8,15H,(H2,14,16). The molecule has 0 spiro atoms. The summed E-state index contributed by atoms with van der Waals surface area (Å²) in [7, 11) is 0. The molecule has 0 fully saturated rings. The average Bonchev–Trinajstić information content (AvgIpc) is 2.72. The maximum Gasteiger partial charge on any atom is 0.124 e. The number of rotatable bonds is 1. The molecule has 2 aromatic heterocycles. The topological polar surface area (TPSA) is 54.7 Å². The van der Waals surface area contributed by atoms with E-state index in [1.165, 1.54) is 5.39 Å². The molecule has 0 radical (unpaired) electrons. The van der Waals surface area contributed by atoms with E-state index in [1.807, 2.05) is 30.3 Å². The van der Waals surface area contributed by atoms with Crippen molar-refractivity contribution in [2.75, 3.05) is 5.73 Å². The lowest BCUT2D eigenvalue weighted by molar-refractivity contribution is 1.30. The van der Waals surface area contributed by atoms with Crippen LogP contribution in [0.1, 0.15) is 0 Å². The van der Waals surface area contributed by atoms with Gasteiger partial charge in [0.05, 0.1) is 11.4 Å². The Labute approximate surface area is 92.9 Å². The molecule has 0 atom stereocenters. The number of aromatic nitrogens is 2. The minimum absolute atomic E-state index is 0.538. The number of nitrogen functional groups attached to an aromatic ring is 1. The highest BCUT2D eigenvalue weighted by Gasteiger charge is 2.03. The summed E-state index contributed by atoms with van der Waals surface area (Å²) in [4.78, 5) is 7.61. The minimum atomic E-state index is 0.538. The SMILES string of the molecule is Nc1cccc(-c2cc3ccccc3[nH]2)n1. The molecule has 3 N–H and O–H groups in total. The van der Waals surface area contributed by atoms with E-state index in [1.54, 1.807) is 6.07 Å². The zero-order valence-corrected chi connectivity index (χ0v) is 8.64. The Morgan fingerprint density at radius 1 is 1.00 bits per heavy atom. The lowest BCUT2D eigenvalue weighted by atomic mass is 10.2. The lowest BCUT2D eigenvalue weighted by Crippen LogP contribution is -1.91. The monoisotopic (exact) mass is 209 g/mol. The van der Waals surface area contributed by atoms with Crippen LogP contribution in [0, 0.1) is 0 Å². The number of hydrogen-bond acceptors (Lipinski definition) is 2. The third-order valence-electron chi connectivity index (χ3n) is 2.58. The van der Waals surface area contributed by atoms with Gasteiger partial charge in [0.25, 0.3) is 0 Å². The van der Waals surface area contributed by atoms with Crippen molar-refractivity contribution in [2.24, 2.45) is 0 Å². The first kappa shape index (κ1) is 8.97. The molecule has 78 valence electrons. The van der Waals surface area contributed by atoms with Crippen LogP contribution in [-0.2, 0) is 0 Å². The van der Waals surface area contributed by atoms with Crippen molar-refractivity contribution in [3.8, 4) is 11.4 Å². The molecule has 16 heavy (non-hydrogen) atoms. The van der Waals surface area contributed by atoms with E-state index in [4.69, 9.17) is 5.73 Å². The number of hydrogen-bond donors (Lipinski definition) is 2. The molecule has 0 unspecified atom stereocenters. The molecular weight excluding hydrogens is 198 g/mol. The Hall–Kier alpha value is -2.29. The number of pyridine rings is 1. The maximum atomic E-state index is 5.67. The van der Waals surface area contributed by atoms with Gasteiger partial charge in [0.15, 0.2) is 0 Å². The van der Waals surface area contributed by atoms with Crippen molar-refractivity contribution in [1.29, 1.82) is 0 Å². The predicted octanol–water partition coefficient (Wildman–Crippen LogP) is 2.81. The van der Waals surface area contributed by atoms with E-state index in [-0.39, 0.29) is 0 Å². The summed E-state index contributed by atoms with van der Waals surface area (Å²) in [5, 5.41) is 1.18. The molecule has 0 aliphatic carbocycles. The first-order valence-corrected chi connectivity index (χ1v) is 5.13. The molecule has 0 aliphatic heterocycles. The Morgan fingerprint density at radius 3 is 2.69 bits per heavy atom. The number of aromatic amines is 1. The molecule has 3 rings (SSSR count). The summed E-state index contributed by atoms with van der Waals surface area (Å²) in [6, 6.07) is 15.9. The molecule has 3 aromatic rings. The van der Waals surface area contributed by atoms with Crippen LogP contribution in [0.4, 0.5) is 5.82 Å². The molecule has 2 heterocycles. The zero-order valence-electron chi connectivity index (χ0n) is 8.64. The lowest BCUT2D eigenvalue weighted by Gasteiger charge is -1.97. The van der Waals surface area contributed by atoms with Crippen LogP contribution in [0.3, 0.4) is 0 Å². The van der Waals surface area contributed by atoms with Crippen LogP contribution >= 0.6 is 0 Å². The second-order valence-electron chi connectivity index (χ2n) is 3.72. The fraction of sp³-hybridized carbons (Fsp3) is 0. The van der Waals surface area contributed by atoms with E-state index in [2.05, 4.69) is 22.1 Å². The second kappa shape index (κ2) is 3.38. The smallest absolute Gasteiger partial charge is 0.124 e. The zero-order chi connectivity index (χ0) is 11.0. The largest absolute Gasteiger partial charge is 0.384 e. The van der Waals surface area contributed by atoms with Gasteiger partial charge < -0.3 is 10.7 Å². The minimum Gasteiger partial charge on any atom is -0.384 e. The van der Waals surface area contributed by atoms with Crippen LogP contribution < -0.4 is 5.73 Å². The van der Waals surface area contributed by atoms with Gasteiger partial charge in [-0.05, 0) is 24.3 Å². The first-order valence-electron chi connectivity index (χ1n) is 5.13. The van der Waals surface area contributed by atoms with Crippen molar-refractivity contribution in [1.82, 2.24) is 9.97 Å². The number of nitrogens with one attached hydrogen (secondary N) is 1. The fourth-order valence-electron chi connectivity index (χ4n) is 1.81. The van der Waals surface area contributed by atoms with Crippen molar-refractivity contribution < 1.29 is 0 Å². The summed E-state index contributed by atoms with van der Waals surface area (Å²) in [6.45, 7) is 0. The molecular formula is C13H11N3. The normalized spacial score (nSPS) is 10.8. The van der Waals surface area contributed by atoms with Gasteiger partial charge in [-0.15, -0.1) is 0 Å². The highest BCUT2D eigenvalue weighted by atomic mass is 14.9. The van der Waals surface area contributed by atoms with Gasteiger partial charge >= 0.3 is 0 Å². The first-order chi connectivity index (χ1) is 7.83. The van der Waals surface area contributed by atoms with Crippen molar-refractivity contribution in [2.45, 2.75) is 0 Å². The molecule has 3 nitrogen and oxygen atoms in total. The summed E-state index contributed by atoms with van der Waals surface area (Å²) in [5.74, 6) is 0.538. The van der Waals surface area contributed by atoms with Crippen LogP contribution in [0.5, 0.6) is 0 Å². The molecule has 0 aliphatic rings. The van der Waals surface area contributed by atoms with E-state index in [0.29, 0.717) is 5.82 Å². The fourth-order valence-corrected chi connectivity index (χ4v) is 1.81. The van der Waals surface area contributed by atoms with Gasteiger partial charge in [0, 0.05) is 10.9 Å². The van der Waals surface area contributed by atoms with E-state index >= 15 is 0 Å². The third kappa shape index (κ3) is 1.42. The van der Waals surface area contributed by atoms with Gasteiger partial charge in [0.1, 0.15) is 5.82 Å². The van der Waals surface area contributed by atoms with Crippen molar-refractivity contribution >= 4 is 16.7 Å². The Balaban J connectivity index is 2.19. The highest BCUT2D eigenvalue weighted by molar-refractivity contribution is 5.85. The molecule has 0 saturated carbocycles. The average molecular weight is 209 g/mol. The molecule has 0 saturated heterocycles. The van der Waals surface area contributed by atoms with Gasteiger partial charge in [-0.1, -0.05) is 24.3 Å². The maximum absolute atomic E-state index is 5.67. The van der Waals surface area contributed by atoms with Crippen molar-refractivity contribution in [3.05, 3.63) is 48.5 Å². The van der Waals surface area contributed by atoms with Gasteiger partial charge in [0.2, 0.25) is 0 Å². The Morgan fingerprint density at radius 2 is 1.88 bits per heavy atom. The number of para-hydroxylation sites is 1. The second-order valence-corrected chi connectivity index (χ2v) is 3.72. The van der Waals surface area contributed by atoms with Crippen LogP contribution in [-0.4, -0.2) is 9.97 Å². The van der Waals surface area contributed by atoms with Crippen LogP contribution in [0.25, 0.3) is 22.3 Å². The number of nitrogens with zero attached hydrogens (tertiary/aromatic N) is 1. The van der Waals surface area contributed by atoms with Crippen molar-refractivity contribution in [3.63, 3.8) is 0 Å². The number of anilines is 1. The molecule has 0 bridgehead atoms. The molecule has 3 heteroatoms. The molecule has 1 aromatic carbocycles. The summed E-state index contributed by atoms with van der Waals surface area (Å²) < 4.78 is 0. The van der Waals surface area contributed by atoms with Gasteiger partial charge in [-0.25, -0.2) is 4.98 Å². The molecule has 0 amide bonds. The van der Waals surface area contributed by atoms with E-state index < -0.39 is 0 Å². The Kier molecular flexibility index (Phi) is 1.90. The van der Waals surface area contributed by atoms with E-state index in [0.717, 1.165) is 16.9 Å². The number of H-pyrrole nitrogens is 1. The summed E-state index contributed by atoms with van der Waals surface area (Å²) >= 11 is 0. The number of benzene rings is 1. The van der Waals surface area contributed by atoms with E-state index in [9.17, 15) is 0 Å². The predicted molar refractivity (Wildman–Crippen MR) is 65.9 cm³/mol. The third-order valence-corrected chi connectivity index (χ3v) is 2.58. The number of nitrogens with two attached hydrogens (primary N) is 1. The van der Waals surface area contributed by atoms with Gasteiger partial charge in [-0.3, -0.25) is 0 Å². The quantitative estimate of drug-likeness (QED) is 0.647. The summed E-state index contributed by atoms with van der Waals surface area (Å²) in [6.07, 6.45) is 0. The van der Waals surface area contributed by atoms with Gasteiger partial charge in [-0.2, -0.15) is 0 Å². The number of fused-ring (bicyclic) bond motifs is 1. The Bertz CT molecular complexity index is 607. The summed E-state index contributed by atoms with van der Waals surface area (Å²) in [5.41, 5.74) is 8.64. The van der Waals surface area contributed by atoms with Crippen LogP contribution in [0.15, 0.2) is 48.5 Å². The van der Waals surface area contributed by atoms with Crippen LogP contribution in [0.2, 0.25) is 0 Å².